The molecule has 0 radical (unpaired) electrons. The van der Waals surface area contributed by atoms with Crippen LogP contribution in [0.1, 0.15) is 23.0 Å². The zero-order chi connectivity index (χ0) is 12.4. The molecule has 2 rings (SSSR count). The predicted octanol–water partition coefficient (Wildman–Crippen LogP) is 4.57. The standard InChI is InChI=1S/C12H10BrNOS2/c1-7-6-16-12(14-7)17-11-4-3-9(13)5-10(11)8(2)15/h3-6H,1-2H3. The molecule has 17 heavy (non-hydrogen) atoms. The number of thiazole rings is 1. The molecule has 1 aromatic carbocycles. The summed E-state index contributed by atoms with van der Waals surface area (Å²) in [6.45, 7) is 3.55. The van der Waals surface area contributed by atoms with Gasteiger partial charge >= 0.3 is 0 Å². The lowest BCUT2D eigenvalue weighted by molar-refractivity contribution is 0.101. The number of ketones is 1. The van der Waals surface area contributed by atoms with Gasteiger partial charge in [-0.25, -0.2) is 4.98 Å². The maximum Gasteiger partial charge on any atom is 0.160 e. The Morgan fingerprint density at radius 2 is 2.24 bits per heavy atom. The van der Waals surface area contributed by atoms with E-state index in [0.717, 1.165) is 25.0 Å². The van der Waals surface area contributed by atoms with Crippen molar-refractivity contribution in [3.05, 3.63) is 39.3 Å². The number of carbonyl (C=O) groups is 1. The molecule has 1 heterocycles. The summed E-state index contributed by atoms with van der Waals surface area (Å²) in [6.07, 6.45) is 0. The van der Waals surface area contributed by atoms with Crippen molar-refractivity contribution in [3.8, 4) is 0 Å². The van der Waals surface area contributed by atoms with Crippen LogP contribution in [0.15, 0.2) is 37.3 Å². The van der Waals surface area contributed by atoms with E-state index in [1.165, 1.54) is 11.8 Å². The van der Waals surface area contributed by atoms with Crippen molar-refractivity contribution in [1.82, 2.24) is 4.98 Å². The molecular formula is C12H10BrNOS2. The summed E-state index contributed by atoms with van der Waals surface area (Å²) in [6, 6.07) is 5.74. The fourth-order valence-electron chi connectivity index (χ4n) is 1.34. The third-order valence-corrected chi connectivity index (χ3v) is 4.74. The third kappa shape index (κ3) is 3.18. The number of aromatic nitrogens is 1. The molecule has 0 fully saturated rings. The van der Waals surface area contributed by atoms with Gasteiger partial charge in [0.25, 0.3) is 0 Å². The van der Waals surface area contributed by atoms with E-state index in [4.69, 9.17) is 0 Å². The summed E-state index contributed by atoms with van der Waals surface area (Å²) in [5.41, 5.74) is 1.75. The van der Waals surface area contributed by atoms with Gasteiger partial charge in [0.1, 0.15) is 0 Å². The largest absolute Gasteiger partial charge is 0.294 e. The van der Waals surface area contributed by atoms with E-state index in [1.807, 2.05) is 30.5 Å². The second-order valence-corrected chi connectivity index (χ2v) is 6.62. The highest BCUT2D eigenvalue weighted by Crippen LogP contribution is 2.34. The first-order chi connectivity index (χ1) is 8.06. The molecule has 2 nitrogen and oxygen atoms in total. The van der Waals surface area contributed by atoms with Crippen molar-refractivity contribution in [2.45, 2.75) is 23.1 Å². The third-order valence-electron chi connectivity index (χ3n) is 2.12. The number of benzene rings is 1. The minimum absolute atomic E-state index is 0.0714. The Morgan fingerprint density at radius 1 is 1.47 bits per heavy atom. The van der Waals surface area contributed by atoms with E-state index in [9.17, 15) is 4.79 Å². The molecule has 5 heteroatoms. The average Bonchev–Trinajstić information content (AvgIpc) is 2.66. The van der Waals surface area contributed by atoms with Gasteiger partial charge in [-0.3, -0.25) is 4.79 Å². The number of aryl methyl sites for hydroxylation is 1. The van der Waals surface area contributed by atoms with Gasteiger partial charge in [0.15, 0.2) is 10.1 Å². The Balaban J connectivity index is 2.35. The van der Waals surface area contributed by atoms with E-state index >= 15 is 0 Å². The van der Waals surface area contributed by atoms with Crippen molar-refractivity contribution in [2.24, 2.45) is 0 Å². The summed E-state index contributed by atoms with van der Waals surface area (Å²) < 4.78 is 1.88. The summed E-state index contributed by atoms with van der Waals surface area (Å²) in [7, 11) is 0. The zero-order valence-electron chi connectivity index (χ0n) is 9.36. The van der Waals surface area contributed by atoms with Crippen LogP contribution in [0.3, 0.4) is 0 Å². The Labute approximate surface area is 117 Å². The van der Waals surface area contributed by atoms with Crippen LogP contribution in [-0.2, 0) is 0 Å². The fourth-order valence-corrected chi connectivity index (χ4v) is 3.65. The number of carbonyl (C=O) groups excluding carboxylic acids is 1. The van der Waals surface area contributed by atoms with Crippen molar-refractivity contribution >= 4 is 44.8 Å². The first kappa shape index (κ1) is 12.8. The van der Waals surface area contributed by atoms with E-state index in [2.05, 4.69) is 20.9 Å². The number of hydrogen-bond acceptors (Lipinski definition) is 4. The van der Waals surface area contributed by atoms with Gasteiger partial charge < -0.3 is 0 Å². The maximum atomic E-state index is 11.6. The SMILES string of the molecule is CC(=O)c1cc(Br)ccc1Sc1nc(C)cs1. The molecule has 2 aromatic rings. The molecule has 0 atom stereocenters. The van der Waals surface area contributed by atoms with E-state index < -0.39 is 0 Å². The number of Topliss-reactive ketones (excluding diaryl/α,β-unsaturated/α-hetero) is 1. The molecule has 1 aromatic heterocycles. The first-order valence-electron chi connectivity index (χ1n) is 4.97. The van der Waals surface area contributed by atoms with Gasteiger partial charge in [0.05, 0.1) is 0 Å². The zero-order valence-corrected chi connectivity index (χ0v) is 12.6. The van der Waals surface area contributed by atoms with Crippen molar-refractivity contribution < 1.29 is 4.79 Å². The van der Waals surface area contributed by atoms with E-state index in [0.29, 0.717) is 0 Å². The lowest BCUT2D eigenvalue weighted by atomic mass is 10.1. The average molecular weight is 328 g/mol. The topological polar surface area (TPSA) is 30.0 Å². The second-order valence-electron chi connectivity index (χ2n) is 3.55. The van der Waals surface area contributed by atoms with E-state index in [1.54, 1.807) is 18.3 Å². The van der Waals surface area contributed by atoms with E-state index in [-0.39, 0.29) is 5.78 Å². The number of nitrogens with zero attached hydrogens (tertiary/aromatic N) is 1. The van der Waals surface area contributed by atoms with Crippen molar-refractivity contribution in [3.63, 3.8) is 0 Å². The number of rotatable bonds is 3. The van der Waals surface area contributed by atoms with Crippen molar-refractivity contribution in [1.29, 1.82) is 0 Å². The van der Waals surface area contributed by atoms with Crippen LogP contribution in [0.25, 0.3) is 0 Å². The smallest absolute Gasteiger partial charge is 0.160 e. The molecule has 0 saturated heterocycles. The summed E-state index contributed by atoms with van der Waals surface area (Å²) in [5.74, 6) is 0.0714. The minimum Gasteiger partial charge on any atom is -0.294 e. The van der Waals surface area contributed by atoms with Crippen LogP contribution in [0.4, 0.5) is 0 Å². The van der Waals surface area contributed by atoms with Gasteiger partial charge in [-0.15, -0.1) is 11.3 Å². The van der Waals surface area contributed by atoms with Gasteiger partial charge in [-0.05, 0) is 32.0 Å². The summed E-state index contributed by atoms with van der Waals surface area (Å²) in [4.78, 5) is 16.9. The number of hydrogen-bond donors (Lipinski definition) is 0. The minimum atomic E-state index is 0.0714. The van der Waals surface area contributed by atoms with Gasteiger partial charge in [-0.1, -0.05) is 27.7 Å². The second kappa shape index (κ2) is 5.33. The maximum absolute atomic E-state index is 11.6. The summed E-state index contributed by atoms with van der Waals surface area (Å²) in [5, 5.41) is 2.01. The van der Waals surface area contributed by atoms with Gasteiger partial charge in [-0.2, -0.15) is 0 Å². The normalized spacial score (nSPS) is 10.5. The van der Waals surface area contributed by atoms with Crippen LogP contribution in [0, 0.1) is 6.92 Å². The Kier molecular flexibility index (Phi) is 4.01. The first-order valence-corrected chi connectivity index (χ1v) is 7.45. The summed E-state index contributed by atoms with van der Waals surface area (Å²) >= 11 is 6.52. The highest BCUT2D eigenvalue weighted by atomic mass is 79.9. The molecule has 0 bridgehead atoms. The fraction of sp³-hybridized carbons (Fsp3) is 0.167. The van der Waals surface area contributed by atoms with Crippen LogP contribution >= 0.6 is 39.0 Å². The molecule has 0 spiro atoms. The molecule has 0 saturated carbocycles. The molecule has 0 unspecified atom stereocenters. The quantitative estimate of drug-likeness (QED) is 0.773. The van der Waals surface area contributed by atoms with Crippen LogP contribution in [-0.4, -0.2) is 10.8 Å². The van der Waals surface area contributed by atoms with Crippen LogP contribution in [0.2, 0.25) is 0 Å². The molecule has 0 amide bonds. The van der Waals surface area contributed by atoms with Crippen molar-refractivity contribution in [2.75, 3.05) is 0 Å². The molecule has 0 N–H and O–H groups in total. The van der Waals surface area contributed by atoms with Gasteiger partial charge in [0.2, 0.25) is 0 Å². The molecular weight excluding hydrogens is 318 g/mol. The molecule has 0 aliphatic heterocycles. The highest BCUT2D eigenvalue weighted by Gasteiger charge is 2.11. The monoisotopic (exact) mass is 327 g/mol. The van der Waals surface area contributed by atoms with Crippen LogP contribution < -0.4 is 0 Å². The highest BCUT2D eigenvalue weighted by molar-refractivity contribution is 9.10. The number of halogens is 1. The Morgan fingerprint density at radius 3 is 2.82 bits per heavy atom. The Bertz CT molecular complexity index is 565. The molecule has 0 aliphatic rings. The lowest BCUT2D eigenvalue weighted by Crippen LogP contribution is -1.94. The Hall–Kier alpha value is -0.650. The molecule has 0 aliphatic carbocycles. The predicted molar refractivity (Wildman–Crippen MR) is 75.1 cm³/mol. The van der Waals surface area contributed by atoms with Crippen LogP contribution in [0.5, 0.6) is 0 Å². The lowest BCUT2D eigenvalue weighted by Gasteiger charge is -2.05. The molecule has 88 valence electrons. The van der Waals surface area contributed by atoms with Gasteiger partial charge in [0, 0.05) is 26.0 Å².